The van der Waals surface area contributed by atoms with Crippen molar-refractivity contribution in [2.45, 2.75) is 19.1 Å². The van der Waals surface area contributed by atoms with E-state index in [0.717, 1.165) is 0 Å². The van der Waals surface area contributed by atoms with Crippen LogP contribution >= 0.6 is 23.2 Å². The topological polar surface area (TPSA) is 38.3 Å². The molecule has 0 fully saturated rings. The van der Waals surface area contributed by atoms with E-state index in [0.29, 0.717) is 15.6 Å². The number of alkyl halides is 3. The normalized spacial score (nSPS) is 13.4. The van der Waals surface area contributed by atoms with Crippen molar-refractivity contribution in [1.29, 1.82) is 0 Å². The molecule has 0 aliphatic carbocycles. The first-order chi connectivity index (χ1) is 10.2. The molecule has 1 amide bonds. The van der Waals surface area contributed by atoms with Gasteiger partial charge >= 0.3 is 6.18 Å². The average molecular weight is 356 g/mol. The molecular weight excluding hydrogens is 342 g/mol. The van der Waals surface area contributed by atoms with Gasteiger partial charge in [-0.2, -0.15) is 13.2 Å². The summed E-state index contributed by atoms with van der Waals surface area (Å²) >= 11 is 11.8. The van der Waals surface area contributed by atoms with Crippen LogP contribution in [0.5, 0.6) is 0 Å². The molecule has 22 heavy (non-hydrogen) atoms. The zero-order valence-electron chi connectivity index (χ0n) is 11.6. The Balaban J connectivity index is 2.45. The van der Waals surface area contributed by atoms with Crippen LogP contribution in [-0.4, -0.2) is 31.3 Å². The highest BCUT2D eigenvalue weighted by Crippen LogP contribution is 2.26. The van der Waals surface area contributed by atoms with Crippen LogP contribution in [0, 0.1) is 0 Å². The van der Waals surface area contributed by atoms with Crippen molar-refractivity contribution in [2.24, 2.45) is 0 Å². The Morgan fingerprint density at radius 1 is 1.41 bits per heavy atom. The Morgan fingerprint density at radius 2 is 2.09 bits per heavy atom. The number of carbonyl (C=O) groups excluding carboxylic acids is 1. The lowest BCUT2D eigenvalue weighted by molar-refractivity contribution is -0.175. The number of benzene rings is 1. The van der Waals surface area contributed by atoms with Crippen molar-refractivity contribution < 1.29 is 22.7 Å². The second-order valence-electron chi connectivity index (χ2n) is 4.52. The van der Waals surface area contributed by atoms with Crippen molar-refractivity contribution in [3.63, 3.8) is 0 Å². The molecule has 0 aromatic heterocycles. The molecule has 0 bridgehead atoms. The summed E-state index contributed by atoms with van der Waals surface area (Å²) in [6.07, 6.45) is -1.70. The molecule has 0 saturated carbocycles. The summed E-state index contributed by atoms with van der Waals surface area (Å²) < 4.78 is 40.2. The van der Waals surface area contributed by atoms with Gasteiger partial charge in [-0.3, -0.25) is 4.79 Å². The van der Waals surface area contributed by atoms with Gasteiger partial charge in [-0.05, 0) is 24.6 Å². The fourth-order valence-electron chi connectivity index (χ4n) is 1.50. The number of halogens is 5. The minimum Gasteiger partial charge on any atom is -0.370 e. The zero-order chi connectivity index (χ0) is 16.8. The van der Waals surface area contributed by atoms with E-state index in [1.807, 2.05) is 0 Å². The van der Waals surface area contributed by atoms with E-state index in [1.165, 1.54) is 19.1 Å². The second-order valence-corrected chi connectivity index (χ2v) is 5.30. The maximum atomic E-state index is 11.9. The predicted octanol–water partition coefficient (Wildman–Crippen LogP) is 4.09. The van der Waals surface area contributed by atoms with Crippen LogP contribution in [0.15, 0.2) is 24.3 Å². The Labute approximate surface area is 136 Å². The molecule has 0 spiro atoms. The van der Waals surface area contributed by atoms with E-state index in [2.05, 4.69) is 10.1 Å². The first kappa shape index (κ1) is 18.8. The summed E-state index contributed by atoms with van der Waals surface area (Å²) in [5, 5.41) is 3.15. The lowest BCUT2D eigenvalue weighted by Crippen LogP contribution is -2.35. The smallest absolute Gasteiger partial charge is 0.370 e. The van der Waals surface area contributed by atoms with Crippen molar-refractivity contribution in [3.05, 3.63) is 39.9 Å². The first-order valence-corrected chi connectivity index (χ1v) is 7.01. The predicted molar refractivity (Wildman–Crippen MR) is 80.0 cm³/mol. The first-order valence-electron chi connectivity index (χ1n) is 6.26. The largest absolute Gasteiger partial charge is 0.411 e. The molecule has 8 heteroatoms. The van der Waals surface area contributed by atoms with Crippen molar-refractivity contribution in [2.75, 3.05) is 13.2 Å². The molecule has 1 aromatic rings. The lowest BCUT2D eigenvalue weighted by Gasteiger charge is -2.14. The number of rotatable bonds is 6. The number of hydrogen-bond donors (Lipinski definition) is 1. The second kappa shape index (κ2) is 8.41. The van der Waals surface area contributed by atoms with E-state index in [4.69, 9.17) is 23.2 Å². The molecule has 122 valence electrons. The summed E-state index contributed by atoms with van der Waals surface area (Å²) in [6.45, 7) is -0.0489. The molecule has 0 saturated heterocycles. The van der Waals surface area contributed by atoms with Crippen LogP contribution in [0.1, 0.15) is 12.5 Å². The molecule has 1 aromatic carbocycles. The summed E-state index contributed by atoms with van der Waals surface area (Å²) in [5.74, 6) is -0.473. The minimum atomic E-state index is -4.38. The molecule has 1 N–H and O–H groups in total. The SMILES string of the molecule is CC(COCC(F)(F)F)NC(=O)/C=C/c1cccc(Cl)c1Cl. The minimum absolute atomic E-state index is 0.239. The fourth-order valence-corrected chi connectivity index (χ4v) is 1.87. The van der Waals surface area contributed by atoms with Gasteiger partial charge in [-0.1, -0.05) is 35.3 Å². The summed E-state index contributed by atoms with van der Waals surface area (Å²) in [7, 11) is 0. The number of carbonyl (C=O) groups is 1. The average Bonchev–Trinajstić information content (AvgIpc) is 2.39. The van der Waals surface area contributed by atoms with Crippen molar-refractivity contribution in [3.8, 4) is 0 Å². The van der Waals surface area contributed by atoms with Gasteiger partial charge in [0.1, 0.15) is 6.61 Å². The third-order valence-electron chi connectivity index (χ3n) is 2.42. The molecule has 3 nitrogen and oxygen atoms in total. The van der Waals surface area contributed by atoms with E-state index in [-0.39, 0.29) is 6.61 Å². The Hall–Kier alpha value is -1.24. The molecule has 0 radical (unpaired) electrons. The van der Waals surface area contributed by atoms with E-state index >= 15 is 0 Å². The molecule has 0 aliphatic rings. The highest BCUT2D eigenvalue weighted by atomic mass is 35.5. The van der Waals surface area contributed by atoms with Gasteiger partial charge in [0.25, 0.3) is 0 Å². The van der Waals surface area contributed by atoms with Gasteiger partial charge in [-0.15, -0.1) is 0 Å². The fraction of sp³-hybridized carbons (Fsp3) is 0.357. The zero-order valence-corrected chi connectivity index (χ0v) is 13.1. The molecule has 1 rings (SSSR count). The molecule has 0 heterocycles. The van der Waals surface area contributed by atoms with Gasteiger partial charge in [0, 0.05) is 12.1 Å². The highest BCUT2D eigenvalue weighted by Gasteiger charge is 2.27. The summed E-state index contributed by atoms with van der Waals surface area (Å²) in [6, 6.07) is 4.41. The monoisotopic (exact) mass is 355 g/mol. The van der Waals surface area contributed by atoms with Crippen LogP contribution < -0.4 is 5.32 Å². The number of ether oxygens (including phenoxy) is 1. The van der Waals surface area contributed by atoms with Crippen molar-refractivity contribution >= 4 is 35.2 Å². The summed E-state index contributed by atoms with van der Waals surface area (Å²) in [5.41, 5.74) is 0.560. The van der Waals surface area contributed by atoms with Crippen molar-refractivity contribution in [1.82, 2.24) is 5.32 Å². The van der Waals surface area contributed by atoms with E-state index in [9.17, 15) is 18.0 Å². The Kier molecular flexibility index (Phi) is 7.19. The maximum Gasteiger partial charge on any atom is 0.411 e. The van der Waals surface area contributed by atoms with Crippen LogP contribution in [0.3, 0.4) is 0 Å². The van der Waals surface area contributed by atoms with E-state index in [1.54, 1.807) is 18.2 Å². The quantitative estimate of drug-likeness (QED) is 0.780. The van der Waals surface area contributed by atoms with Gasteiger partial charge in [0.05, 0.1) is 16.7 Å². The van der Waals surface area contributed by atoms with E-state index < -0.39 is 24.7 Å². The third kappa shape index (κ3) is 7.15. The highest BCUT2D eigenvalue weighted by molar-refractivity contribution is 6.42. The van der Waals surface area contributed by atoms with Crippen LogP contribution in [-0.2, 0) is 9.53 Å². The molecular formula is C14H14Cl2F3NO2. The van der Waals surface area contributed by atoms with Gasteiger partial charge in [0.15, 0.2) is 0 Å². The standard InChI is InChI=1S/C14H14Cl2F3NO2/c1-9(7-22-8-14(17,18)19)20-12(21)6-5-10-3-2-4-11(15)13(10)16/h2-6,9H,7-8H2,1H3,(H,20,21)/b6-5+. The summed E-state index contributed by atoms with van der Waals surface area (Å²) in [4.78, 5) is 11.6. The number of hydrogen-bond acceptors (Lipinski definition) is 2. The molecule has 1 atom stereocenters. The Bertz CT molecular complexity index is 547. The van der Waals surface area contributed by atoms with Gasteiger partial charge in [0.2, 0.25) is 5.91 Å². The maximum absolute atomic E-state index is 11.9. The Morgan fingerprint density at radius 3 is 2.73 bits per heavy atom. The van der Waals surface area contributed by atoms with Gasteiger partial charge in [-0.25, -0.2) is 0 Å². The number of nitrogens with one attached hydrogen (secondary N) is 1. The van der Waals surface area contributed by atoms with Gasteiger partial charge < -0.3 is 10.1 Å². The van der Waals surface area contributed by atoms with Crippen LogP contribution in [0.4, 0.5) is 13.2 Å². The molecule has 0 aliphatic heterocycles. The van der Waals surface area contributed by atoms with Crippen LogP contribution in [0.25, 0.3) is 6.08 Å². The van der Waals surface area contributed by atoms with Crippen LogP contribution in [0.2, 0.25) is 10.0 Å². The molecule has 1 unspecified atom stereocenters. The third-order valence-corrected chi connectivity index (χ3v) is 3.25. The lowest BCUT2D eigenvalue weighted by atomic mass is 10.2. The number of amides is 1.